The summed E-state index contributed by atoms with van der Waals surface area (Å²) in [5.41, 5.74) is 0.404. The van der Waals surface area contributed by atoms with Gasteiger partial charge in [0.05, 0.1) is 12.0 Å². The van der Waals surface area contributed by atoms with E-state index >= 15 is 0 Å². The van der Waals surface area contributed by atoms with Gasteiger partial charge >= 0.3 is 0 Å². The number of nitrogens with zero attached hydrogens (tertiary/aromatic N) is 2. The molecule has 1 saturated heterocycles. The maximum atomic E-state index is 14.2. The highest BCUT2D eigenvalue weighted by Crippen LogP contribution is 2.36. The van der Waals surface area contributed by atoms with E-state index in [0.29, 0.717) is 24.9 Å². The number of benzene rings is 1. The molecule has 1 N–H and O–H groups in total. The van der Waals surface area contributed by atoms with Gasteiger partial charge in [0, 0.05) is 25.6 Å². The minimum atomic E-state index is -0.554. The molecule has 6 heteroatoms. The Hall–Kier alpha value is -1.95. The summed E-state index contributed by atoms with van der Waals surface area (Å²) < 4.78 is 14.2. The summed E-state index contributed by atoms with van der Waals surface area (Å²) in [6.07, 6.45) is 1.61. The fourth-order valence-corrected chi connectivity index (χ4v) is 3.19. The van der Waals surface area contributed by atoms with E-state index in [1.54, 1.807) is 25.2 Å². The first-order chi connectivity index (χ1) is 11.4. The van der Waals surface area contributed by atoms with Crippen LogP contribution in [0.15, 0.2) is 24.3 Å². The summed E-state index contributed by atoms with van der Waals surface area (Å²) >= 11 is 0. The molecule has 0 saturated carbocycles. The molecule has 0 radical (unpaired) electrons. The first-order valence-corrected chi connectivity index (χ1v) is 8.34. The number of amides is 2. The fraction of sp³-hybridized carbons (Fsp3) is 0.556. The summed E-state index contributed by atoms with van der Waals surface area (Å²) in [5.74, 6) is -0.973. The van der Waals surface area contributed by atoms with Crippen molar-refractivity contribution in [3.05, 3.63) is 35.6 Å². The Morgan fingerprint density at radius 2 is 2.08 bits per heavy atom. The van der Waals surface area contributed by atoms with Gasteiger partial charge in [-0.2, -0.15) is 0 Å². The molecule has 0 bridgehead atoms. The van der Waals surface area contributed by atoms with Crippen molar-refractivity contribution in [3.63, 3.8) is 0 Å². The summed E-state index contributed by atoms with van der Waals surface area (Å²) in [4.78, 5) is 28.2. The lowest BCUT2D eigenvalue weighted by molar-refractivity contribution is -0.141. The van der Waals surface area contributed by atoms with Crippen LogP contribution in [0.1, 0.15) is 30.9 Å². The van der Waals surface area contributed by atoms with Gasteiger partial charge < -0.3 is 15.1 Å². The SMILES string of the molecule is CN(C)CCCNC(=O)C1CCC(=O)N(C)C1c1ccccc1F. The smallest absolute Gasteiger partial charge is 0.225 e. The predicted molar refractivity (Wildman–Crippen MR) is 90.8 cm³/mol. The minimum absolute atomic E-state index is 0.0556. The molecule has 2 atom stereocenters. The van der Waals surface area contributed by atoms with Crippen LogP contribution in [0.3, 0.4) is 0 Å². The molecule has 0 aromatic heterocycles. The van der Waals surface area contributed by atoms with Crippen molar-refractivity contribution in [3.8, 4) is 0 Å². The normalized spacial score (nSPS) is 21.2. The quantitative estimate of drug-likeness (QED) is 0.807. The monoisotopic (exact) mass is 335 g/mol. The molecule has 2 unspecified atom stereocenters. The van der Waals surface area contributed by atoms with Gasteiger partial charge in [-0.3, -0.25) is 9.59 Å². The second kappa shape index (κ2) is 8.24. The summed E-state index contributed by atoms with van der Waals surface area (Å²) in [6, 6.07) is 5.81. The first kappa shape index (κ1) is 18.4. The second-order valence-corrected chi connectivity index (χ2v) is 6.56. The van der Waals surface area contributed by atoms with Crippen molar-refractivity contribution in [2.24, 2.45) is 5.92 Å². The molecular weight excluding hydrogens is 309 g/mol. The van der Waals surface area contributed by atoms with Crippen LogP contribution >= 0.6 is 0 Å². The van der Waals surface area contributed by atoms with E-state index < -0.39 is 12.0 Å². The maximum absolute atomic E-state index is 14.2. The van der Waals surface area contributed by atoms with Crippen molar-refractivity contribution < 1.29 is 14.0 Å². The first-order valence-electron chi connectivity index (χ1n) is 8.34. The van der Waals surface area contributed by atoms with Crippen LogP contribution in [0.5, 0.6) is 0 Å². The number of hydrogen-bond donors (Lipinski definition) is 1. The van der Waals surface area contributed by atoms with Crippen LogP contribution in [0.2, 0.25) is 0 Å². The third kappa shape index (κ3) is 4.32. The Kier molecular flexibility index (Phi) is 6.31. The van der Waals surface area contributed by atoms with Crippen LogP contribution in [0.4, 0.5) is 4.39 Å². The number of piperidine rings is 1. The number of hydrogen-bond acceptors (Lipinski definition) is 3. The van der Waals surface area contributed by atoms with Crippen LogP contribution < -0.4 is 5.32 Å². The number of rotatable bonds is 6. The van der Waals surface area contributed by atoms with Crippen LogP contribution in [0, 0.1) is 11.7 Å². The van der Waals surface area contributed by atoms with E-state index in [1.807, 2.05) is 14.1 Å². The lowest BCUT2D eigenvalue weighted by atomic mass is 9.83. The van der Waals surface area contributed by atoms with Crippen molar-refractivity contribution >= 4 is 11.8 Å². The average molecular weight is 335 g/mol. The lowest BCUT2D eigenvalue weighted by Crippen LogP contribution is -2.46. The van der Waals surface area contributed by atoms with E-state index in [1.165, 1.54) is 11.0 Å². The molecule has 2 amide bonds. The van der Waals surface area contributed by atoms with Gasteiger partial charge in [0.1, 0.15) is 5.82 Å². The van der Waals surface area contributed by atoms with Crippen LogP contribution in [-0.2, 0) is 9.59 Å². The van der Waals surface area contributed by atoms with E-state index in [9.17, 15) is 14.0 Å². The zero-order valence-electron chi connectivity index (χ0n) is 14.6. The van der Waals surface area contributed by atoms with Gasteiger partial charge in [-0.05, 0) is 39.5 Å². The number of likely N-dealkylation sites (tertiary alicyclic amines) is 1. The van der Waals surface area contributed by atoms with E-state index in [0.717, 1.165) is 13.0 Å². The Morgan fingerprint density at radius 3 is 2.75 bits per heavy atom. The largest absolute Gasteiger partial charge is 0.356 e. The molecule has 2 rings (SSSR count). The number of carbonyl (C=O) groups excluding carboxylic acids is 2. The summed E-state index contributed by atoms with van der Waals surface area (Å²) in [5, 5.41) is 2.94. The number of halogens is 1. The van der Waals surface area contributed by atoms with Crippen molar-refractivity contribution in [2.45, 2.75) is 25.3 Å². The molecule has 0 spiro atoms. The van der Waals surface area contributed by atoms with Gasteiger partial charge in [0.25, 0.3) is 0 Å². The molecule has 1 aliphatic heterocycles. The fourth-order valence-electron chi connectivity index (χ4n) is 3.19. The van der Waals surface area contributed by atoms with Crippen LogP contribution in [-0.4, -0.2) is 55.8 Å². The second-order valence-electron chi connectivity index (χ2n) is 6.56. The Labute approximate surface area is 142 Å². The summed E-state index contributed by atoms with van der Waals surface area (Å²) in [6.45, 7) is 1.47. The topological polar surface area (TPSA) is 52.7 Å². The van der Waals surface area contributed by atoms with Crippen molar-refractivity contribution in [2.75, 3.05) is 34.2 Å². The van der Waals surface area contributed by atoms with E-state index in [-0.39, 0.29) is 17.6 Å². The zero-order valence-corrected chi connectivity index (χ0v) is 14.6. The Balaban J connectivity index is 2.12. The highest BCUT2D eigenvalue weighted by molar-refractivity contribution is 5.84. The highest BCUT2D eigenvalue weighted by Gasteiger charge is 2.39. The standard InChI is InChI=1S/C18H26FN3O2/c1-21(2)12-6-11-20-18(24)14-9-10-16(23)22(3)17(14)13-7-4-5-8-15(13)19/h4-5,7-8,14,17H,6,9-12H2,1-3H3,(H,20,24). The molecule has 1 aromatic rings. The lowest BCUT2D eigenvalue weighted by Gasteiger charge is -2.38. The van der Waals surface area contributed by atoms with Gasteiger partial charge in [-0.15, -0.1) is 0 Å². The highest BCUT2D eigenvalue weighted by atomic mass is 19.1. The molecule has 1 fully saturated rings. The Bertz CT molecular complexity index is 591. The number of carbonyl (C=O) groups is 2. The third-order valence-electron chi connectivity index (χ3n) is 4.50. The number of nitrogens with one attached hydrogen (secondary N) is 1. The van der Waals surface area contributed by atoms with Gasteiger partial charge in [0.2, 0.25) is 11.8 Å². The van der Waals surface area contributed by atoms with E-state index in [4.69, 9.17) is 0 Å². The van der Waals surface area contributed by atoms with E-state index in [2.05, 4.69) is 10.2 Å². The molecule has 1 aromatic carbocycles. The molecule has 24 heavy (non-hydrogen) atoms. The minimum Gasteiger partial charge on any atom is -0.356 e. The van der Waals surface area contributed by atoms with Gasteiger partial charge in [-0.1, -0.05) is 18.2 Å². The van der Waals surface area contributed by atoms with Crippen molar-refractivity contribution in [1.82, 2.24) is 15.1 Å². The third-order valence-corrected chi connectivity index (χ3v) is 4.50. The molecular formula is C18H26FN3O2. The van der Waals surface area contributed by atoms with Gasteiger partial charge in [-0.25, -0.2) is 4.39 Å². The summed E-state index contributed by atoms with van der Waals surface area (Å²) in [7, 11) is 5.61. The van der Waals surface area contributed by atoms with Crippen LogP contribution in [0.25, 0.3) is 0 Å². The Morgan fingerprint density at radius 1 is 1.38 bits per heavy atom. The predicted octanol–water partition coefficient (Wildman–Crippen LogP) is 1.80. The molecule has 1 aliphatic rings. The molecule has 0 aliphatic carbocycles. The average Bonchev–Trinajstić information content (AvgIpc) is 2.54. The maximum Gasteiger partial charge on any atom is 0.225 e. The molecule has 132 valence electrons. The molecule has 5 nitrogen and oxygen atoms in total. The van der Waals surface area contributed by atoms with Crippen molar-refractivity contribution in [1.29, 1.82) is 0 Å². The van der Waals surface area contributed by atoms with Gasteiger partial charge in [0.15, 0.2) is 0 Å². The zero-order chi connectivity index (χ0) is 17.7. The molecule has 1 heterocycles.